The van der Waals surface area contributed by atoms with Crippen molar-refractivity contribution >= 4 is 23.3 Å². The Labute approximate surface area is 142 Å². The molecule has 2 amide bonds. The van der Waals surface area contributed by atoms with Crippen molar-refractivity contribution in [3.05, 3.63) is 33.8 Å². The molecule has 0 saturated carbocycles. The van der Waals surface area contributed by atoms with Crippen molar-refractivity contribution in [2.24, 2.45) is 5.92 Å². The largest absolute Gasteiger partial charge is 0.358 e. The highest BCUT2D eigenvalue weighted by molar-refractivity contribution is 6.07. The summed E-state index contributed by atoms with van der Waals surface area (Å²) in [7, 11) is 0. The average molecular weight is 349 g/mol. The SMILES string of the molecule is CCn1cc(NC(=O)c2cc([N+](=O)[O-])[nH]n2)c(C(=O)NCC(C)C)n1. The van der Waals surface area contributed by atoms with Gasteiger partial charge in [0, 0.05) is 19.3 Å². The van der Waals surface area contributed by atoms with Crippen LogP contribution in [-0.2, 0) is 6.54 Å². The van der Waals surface area contributed by atoms with Crippen LogP contribution in [0.25, 0.3) is 0 Å². The molecule has 11 heteroatoms. The van der Waals surface area contributed by atoms with Crippen LogP contribution in [0.3, 0.4) is 0 Å². The molecule has 11 nitrogen and oxygen atoms in total. The van der Waals surface area contributed by atoms with Crippen LogP contribution in [0.2, 0.25) is 0 Å². The first-order chi connectivity index (χ1) is 11.8. The van der Waals surface area contributed by atoms with Gasteiger partial charge < -0.3 is 20.7 Å². The lowest BCUT2D eigenvalue weighted by Gasteiger charge is -2.07. The number of nitrogens with one attached hydrogen (secondary N) is 3. The van der Waals surface area contributed by atoms with Gasteiger partial charge in [-0.15, -0.1) is 5.10 Å². The van der Waals surface area contributed by atoms with Gasteiger partial charge in [0.25, 0.3) is 11.8 Å². The van der Waals surface area contributed by atoms with Crippen molar-refractivity contribution in [2.45, 2.75) is 27.3 Å². The summed E-state index contributed by atoms with van der Waals surface area (Å²) < 4.78 is 1.51. The second kappa shape index (κ2) is 7.55. The number of carbonyl (C=O) groups is 2. The molecular formula is C14H19N7O4. The number of hydrogen-bond acceptors (Lipinski definition) is 6. The number of nitro groups is 1. The van der Waals surface area contributed by atoms with Gasteiger partial charge >= 0.3 is 5.82 Å². The zero-order chi connectivity index (χ0) is 18.6. The number of aryl methyl sites for hydroxylation is 1. The molecule has 2 aromatic rings. The highest BCUT2D eigenvalue weighted by Crippen LogP contribution is 2.16. The highest BCUT2D eigenvalue weighted by Gasteiger charge is 2.22. The van der Waals surface area contributed by atoms with E-state index >= 15 is 0 Å². The third-order valence-corrected chi connectivity index (χ3v) is 3.21. The minimum atomic E-state index is -0.691. The van der Waals surface area contributed by atoms with Crippen molar-refractivity contribution in [1.29, 1.82) is 0 Å². The summed E-state index contributed by atoms with van der Waals surface area (Å²) >= 11 is 0. The maximum atomic E-state index is 12.3. The summed E-state index contributed by atoms with van der Waals surface area (Å²) in [6.45, 7) is 6.73. The number of rotatable bonds is 7. The summed E-state index contributed by atoms with van der Waals surface area (Å²) in [6, 6.07) is 1.01. The second-order valence-corrected chi connectivity index (χ2v) is 5.70. The van der Waals surface area contributed by atoms with Crippen molar-refractivity contribution in [3.8, 4) is 0 Å². The van der Waals surface area contributed by atoms with Crippen molar-refractivity contribution in [2.75, 3.05) is 11.9 Å². The predicted octanol–water partition coefficient (Wildman–Crippen LogP) is 1.17. The van der Waals surface area contributed by atoms with Gasteiger partial charge in [0.1, 0.15) is 0 Å². The molecule has 0 atom stereocenters. The molecule has 0 radical (unpaired) electrons. The van der Waals surface area contributed by atoms with Crippen LogP contribution in [0.1, 0.15) is 41.7 Å². The summed E-state index contributed by atoms with van der Waals surface area (Å²) in [5.74, 6) is -1.23. The molecule has 0 aliphatic rings. The quantitative estimate of drug-likeness (QED) is 0.505. The van der Waals surface area contributed by atoms with Crippen LogP contribution in [-0.4, -0.2) is 43.3 Å². The van der Waals surface area contributed by atoms with Gasteiger partial charge in [0.05, 0.1) is 11.8 Å². The maximum absolute atomic E-state index is 12.3. The molecule has 3 N–H and O–H groups in total. The summed E-state index contributed by atoms with van der Waals surface area (Å²) in [4.78, 5) is 34.4. The van der Waals surface area contributed by atoms with E-state index in [4.69, 9.17) is 0 Å². The van der Waals surface area contributed by atoms with E-state index in [1.165, 1.54) is 10.9 Å². The van der Waals surface area contributed by atoms with E-state index in [-0.39, 0.29) is 23.0 Å². The van der Waals surface area contributed by atoms with Crippen LogP contribution in [0.15, 0.2) is 12.3 Å². The Balaban J connectivity index is 2.19. The number of amides is 2. The fraction of sp³-hybridized carbons (Fsp3) is 0.429. The normalized spacial score (nSPS) is 10.7. The molecule has 0 saturated heterocycles. The molecule has 2 rings (SSSR count). The zero-order valence-corrected chi connectivity index (χ0v) is 14.1. The summed E-state index contributed by atoms with van der Waals surface area (Å²) in [5.41, 5.74) is 0.115. The van der Waals surface area contributed by atoms with Crippen molar-refractivity contribution in [1.82, 2.24) is 25.3 Å². The van der Waals surface area contributed by atoms with Crippen LogP contribution in [0, 0.1) is 16.0 Å². The first kappa shape index (κ1) is 18.1. The van der Waals surface area contributed by atoms with Gasteiger partial charge in [-0.05, 0) is 17.8 Å². The molecule has 0 aliphatic heterocycles. The molecule has 0 spiro atoms. The Morgan fingerprint density at radius 1 is 1.40 bits per heavy atom. The lowest BCUT2D eigenvalue weighted by atomic mass is 10.2. The second-order valence-electron chi connectivity index (χ2n) is 5.70. The van der Waals surface area contributed by atoms with Crippen LogP contribution in [0.5, 0.6) is 0 Å². The van der Waals surface area contributed by atoms with E-state index < -0.39 is 22.6 Å². The van der Waals surface area contributed by atoms with Crippen LogP contribution >= 0.6 is 0 Å². The van der Waals surface area contributed by atoms with E-state index in [1.807, 2.05) is 20.8 Å². The number of carbonyl (C=O) groups excluding carboxylic acids is 2. The highest BCUT2D eigenvalue weighted by atomic mass is 16.6. The van der Waals surface area contributed by atoms with Crippen molar-refractivity contribution < 1.29 is 14.5 Å². The molecule has 2 heterocycles. The Kier molecular flexibility index (Phi) is 5.47. The first-order valence-electron chi connectivity index (χ1n) is 7.68. The van der Waals surface area contributed by atoms with E-state index in [0.29, 0.717) is 13.1 Å². The van der Waals surface area contributed by atoms with E-state index in [9.17, 15) is 19.7 Å². The number of aromatic amines is 1. The molecular weight excluding hydrogens is 330 g/mol. The van der Waals surface area contributed by atoms with E-state index in [2.05, 4.69) is 25.9 Å². The minimum absolute atomic E-state index is 0.0703. The molecule has 2 aromatic heterocycles. The topological polar surface area (TPSA) is 148 Å². The standard InChI is InChI=1S/C14H19N7O4/c1-4-20-7-10(12(19-20)14(23)15-6-8(2)3)16-13(22)9-5-11(18-17-9)21(24)25/h5,7-8H,4,6H2,1-3H3,(H,15,23)(H,16,22)(H,17,18). The Morgan fingerprint density at radius 3 is 2.68 bits per heavy atom. The summed E-state index contributed by atoms with van der Waals surface area (Å²) in [6.07, 6.45) is 1.52. The molecule has 0 fully saturated rings. The lowest BCUT2D eigenvalue weighted by molar-refractivity contribution is -0.389. The molecule has 25 heavy (non-hydrogen) atoms. The molecule has 0 aromatic carbocycles. The number of aromatic nitrogens is 4. The van der Waals surface area contributed by atoms with Gasteiger partial charge in [-0.3, -0.25) is 14.3 Å². The molecule has 134 valence electrons. The number of nitrogens with zero attached hydrogens (tertiary/aromatic N) is 4. The smallest absolute Gasteiger partial charge is 0.343 e. The van der Waals surface area contributed by atoms with Crippen LogP contribution < -0.4 is 10.6 Å². The predicted molar refractivity (Wildman–Crippen MR) is 88.3 cm³/mol. The van der Waals surface area contributed by atoms with Gasteiger partial charge in [0.2, 0.25) is 0 Å². The molecule has 0 unspecified atom stereocenters. The Hall–Kier alpha value is -3.24. The zero-order valence-electron chi connectivity index (χ0n) is 14.1. The number of H-pyrrole nitrogens is 1. The first-order valence-corrected chi connectivity index (χ1v) is 7.68. The van der Waals surface area contributed by atoms with E-state index in [0.717, 1.165) is 6.07 Å². The Morgan fingerprint density at radius 2 is 2.12 bits per heavy atom. The van der Waals surface area contributed by atoms with E-state index in [1.54, 1.807) is 0 Å². The minimum Gasteiger partial charge on any atom is -0.358 e. The molecule has 0 aliphatic carbocycles. The lowest BCUT2D eigenvalue weighted by Crippen LogP contribution is -2.28. The third-order valence-electron chi connectivity index (χ3n) is 3.21. The average Bonchev–Trinajstić information content (AvgIpc) is 3.19. The summed E-state index contributed by atoms with van der Waals surface area (Å²) in [5, 5.41) is 25.8. The third kappa shape index (κ3) is 4.40. The Bertz CT molecular complexity index is 793. The number of anilines is 1. The number of hydrogen-bond donors (Lipinski definition) is 3. The fourth-order valence-electron chi connectivity index (χ4n) is 1.93. The van der Waals surface area contributed by atoms with Gasteiger partial charge in [-0.1, -0.05) is 18.9 Å². The van der Waals surface area contributed by atoms with Crippen LogP contribution in [0.4, 0.5) is 11.5 Å². The van der Waals surface area contributed by atoms with Gasteiger partial charge in [-0.2, -0.15) is 5.10 Å². The van der Waals surface area contributed by atoms with Gasteiger partial charge in [0.15, 0.2) is 11.4 Å². The van der Waals surface area contributed by atoms with Crippen molar-refractivity contribution in [3.63, 3.8) is 0 Å². The molecule has 0 bridgehead atoms. The maximum Gasteiger partial charge on any atom is 0.343 e. The fourth-order valence-corrected chi connectivity index (χ4v) is 1.93. The monoisotopic (exact) mass is 349 g/mol. The van der Waals surface area contributed by atoms with Gasteiger partial charge in [-0.25, -0.2) is 0 Å².